The van der Waals surface area contributed by atoms with E-state index < -0.39 is 0 Å². The summed E-state index contributed by atoms with van der Waals surface area (Å²) < 4.78 is 18.6. The van der Waals surface area contributed by atoms with Crippen LogP contribution in [0.2, 0.25) is 0 Å². The normalized spacial score (nSPS) is 10.2. The van der Waals surface area contributed by atoms with Crippen LogP contribution in [0.4, 0.5) is 10.1 Å². The van der Waals surface area contributed by atoms with E-state index in [2.05, 4.69) is 0 Å². The third-order valence-corrected chi connectivity index (χ3v) is 3.25. The second kappa shape index (κ2) is 6.26. The molecule has 2 aromatic rings. The van der Waals surface area contributed by atoms with E-state index in [4.69, 9.17) is 15.9 Å². The van der Waals surface area contributed by atoms with Crippen LogP contribution in [0.1, 0.15) is 11.1 Å². The molecule has 0 fully saturated rings. The van der Waals surface area contributed by atoms with Crippen LogP contribution in [0.25, 0.3) is 0 Å². The number of hydrogen-bond acceptors (Lipinski definition) is 3. The Morgan fingerprint density at radius 1 is 1.29 bits per heavy atom. The van der Waals surface area contributed by atoms with Crippen molar-refractivity contribution in [3.63, 3.8) is 0 Å². The first-order valence-corrected chi connectivity index (χ1v) is 6.49. The lowest BCUT2D eigenvalue weighted by atomic mass is 10.1. The number of anilines is 1. The molecule has 0 aromatic heterocycles. The van der Waals surface area contributed by atoms with Crippen molar-refractivity contribution >= 4 is 11.5 Å². The fourth-order valence-corrected chi connectivity index (χ4v) is 2.13. The molecule has 3 N–H and O–H groups in total. The molecule has 0 unspecified atom stereocenters. The molecule has 0 saturated carbocycles. The Hall–Kier alpha value is -2.56. The maximum Gasteiger partial charge on any atom is 0.125 e. The molecule has 0 aliphatic heterocycles. The molecule has 4 nitrogen and oxygen atoms in total. The SMILES string of the molecule is COc1ccc(C(=N)N)cc1CN(C)c1cccc(F)c1. The maximum absolute atomic E-state index is 13.3. The molecule has 110 valence electrons. The third-order valence-electron chi connectivity index (χ3n) is 3.25. The van der Waals surface area contributed by atoms with Gasteiger partial charge in [-0.1, -0.05) is 6.07 Å². The Labute approximate surface area is 123 Å². The molecular weight excluding hydrogens is 269 g/mol. The zero-order valence-corrected chi connectivity index (χ0v) is 12.1. The average Bonchev–Trinajstić information content (AvgIpc) is 2.47. The number of amidine groups is 1. The van der Waals surface area contributed by atoms with Gasteiger partial charge in [0.05, 0.1) is 7.11 Å². The van der Waals surface area contributed by atoms with Crippen LogP contribution in [-0.2, 0) is 6.54 Å². The minimum atomic E-state index is -0.274. The molecular formula is C16H18FN3O. The van der Waals surface area contributed by atoms with Crippen molar-refractivity contribution in [3.8, 4) is 5.75 Å². The minimum Gasteiger partial charge on any atom is -0.496 e. The number of rotatable bonds is 5. The number of nitrogens with two attached hydrogens (primary N) is 1. The summed E-state index contributed by atoms with van der Waals surface area (Å²) in [5, 5.41) is 7.51. The van der Waals surface area contributed by atoms with E-state index in [1.54, 1.807) is 25.3 Å². The van der Waals surface area contributed by atoms with Crippen LogP contribution >= 0.6 is 0 Å². The van der Waals surface area contributed by atoms with E-state index in [0.29, 0.717) is 17.9 Å². The summed E-state index contributed by atoms with van der Waals surface area (Å²) in [6.45, 7) is 0.522. The lowest BCUT2D eigenvalue weighted by Gasteiger charge is -2.21. The Balaban J connectivity index is 2.29. The molecule has 2 aromatic carbocycles. The van der Waals surface area contributed by atoms with Crippen molar-refractivity contribution < 1.29 is 9.13 Å². The lowest BCUT2D eigenvalue weighted by Crippen LogP contribution is -2.18. The summed E-state index contributed by atoms with van der Waals surface area (Å²) >= 11 is 0. The summed E-state index contributed by atoms with van der Waals surface area (Å²) in [6.07, 6.45) is 0. The predicted octanol–water partition coefficient (Wildman–Crippen LogP) is 2.75. The quantitative estimate of drug-likeness (QED) is 0.656. The number of nitrogen functional groups attached to an aromatic ring is 1. The number of methoxy groups -OCH3 is 1. The lowest BCUT2D eigenvalue weighted by molar-refractivity contribution is 0.409. The first-order valence-electron chi connectivity index (χ1n) is 6.49. The number of hydrogen-bond donors (Lipinski definition) is 2. The molecule has 0 aliphatic rings. The molecule has 2 rings (SSSR count). The van der Waals surface area contributed by atoms with Crippen LogP contribution in [0.15, 0.2) is 42.5 Å². The Morgan fingerprint density at radius 2 is 2.05 bits per heavy atom. The molecule has 0 aliphatic carbocycles. The third kappa shape index (κ3) is 3.51. The van der Waals surface area contributed by atoms with Gasteiger partial charge in [-0.15, -0.1) is 0 Å². The molecule has 21 heavy (non-hydrogen) atoms. The van der Waals surface area contributed by atoms with Crippen LogP contribution in [0.5, 0.6) is 5.75 Å². The topological polar surface area (TPSA) is 62.3 Å². The minimum absolute atomic E-state index is 0.00677. The van der Waals surface area contributed by atoms with E-state index in [-0.39, 0.29) is 11.7 Å². The van der Waals surface area contributed by atoms with Gasteiger partial charge in [-0.25, -0.2) is 4.39 Å². The summed E-state index contributed by atoms with van der Waals surface area (Å²) in [4.78, 5) is 1.91. The van der Waals surface area contributed by atoms with Gasteiger partial charge in [-0.05, 0) is 36.4 Å². The fraction of sp³-hybridized carbons (Fsp3) is 0.188. The highest BCUT2D eigenvalue weighted by Crippen LogP contribution is 2.24. The summed E-state index contributed by atoms with van der Waals surface area (Å²) in [6, 6.07) is 11.7. The first kappa shape index (κ1) is 14.8. The largest absolute Gasteiger partial charge is 0.496 e. The van der Waals surface area contributed by atoms with Gasteiger partial charge in [0.15, 0.2) is 0 Å². The number of ether oxygens (including phenoxy) is 1. The molecule has 0 bridgehead atoms. The van der Waals surface area contributed by atoms with Crippen LogP contribution < -0.4 is 15.4 Å². The van der Waals surface area contributed by atoms with Crippen molar-refractivity contribution in [2.24, 2.45) is 5.73 Å². The average molecular weight is 287 g/mol. The zero-order chi connectivity index (χ0) is 15.4. The molecule has 5 heteroatoms. The number of nitrogens with one attached hydrogen (secondary N) is 1. The summed E-state index contributed by atoms with van der Waals surface area (Å²) in [7, 11) is 3.46. The molecule has 0 saturated heterocycles. The van der Waals surface area contributed by atoms with Crippen molar-refractivity contribution in [1.82, 2.24) is 0 Å². The Bertz CT molecular complexity index is 658. The van der Waals surface area contributed by atoms with E-state index in [9.17, 15) is 4.39 Å². The molecule has 0 amide bonds. The molecule has 0 radical (unpaired) electrons. The summed E-state index contributed by atoms with van der Waals surface area (Å²) in [5.74, 6) is 0.444. The Morgan fingerprint density at radius 3 is 2.67 bits per heavy atom. The smallest absolute Gasteiger partial charge is 0.125 e. The number of halogens is 1. The van der Waals surface area contributed by atoms with Crippen molar-refractivity contribution in [1.29, 1.82) is 5.41 Å². The van der Waals surface area contributed by atoms with Gasteiger partial charge in [0.25, 0.3) is 0 Å². The zero-order valence-electron chi connectivity index (χ0n) is 12.1. The van der Waals surface area contributed by atoms with Crippen LogP contribution in [0, 0.1) is 11.2 Å². The highest BCUT2D eigenvalue weighted by atomic mass is 19.1. The van der Waals surface area contributed by atoms with Crippen molar-refractivity contribution in [3.05, 3.63) is 59.4 Å². The fourth-order valence-electron chi connectivity index (χ4n) is 2.13. The van der Waals surface area contributed by atoms with E-state index in [0.717, 1.165) is 11.3 Å². The van der Waals surface area contributed by atoms with Gasteiger partial charge < -0.3 is 15.4 Å². The van der Waals surface area contributed by atoms with Gasteiger partial charge in [-0.2, -0.15) is 0 Å². The van der Waals surface area contributed by atoms with Gasteiger partial charge >= 0.3 is 0 Å². The van der Waals surface area contributed by atoms with Crippen molar-refractivity contribution in [2.45, 2.75) is 6.54 Å². The molecule has 0 heterocycles. The van der Waals surface area contributed by atoms with Crippen LogP contribution in [0.3, 0.4) is 0 Å². The predicted molar refractivity (Wildman–Crippen MR) is 82.5 cm³/mol. The van der Waals surface area contributed by atoms with E-state index in [1.165, 1.54) is 12.1 Å². The number of nitrogens with zero attached hydrogens (tertiary/aromatic N) is 1. The van der Waals surface area contributed by atoms with Gasteiger partial charge in [0, 0.05) is 30.4 Å². The monoisotopic (exact) mass is 287 g/mol. The maximum atomic E-state index is 13.3. The van der Waals surface area contributed by atoms with Gasteiger partial charge in [0.2, 0.25) is 0 Å². The van der Waals surface area contributed by atoms with Gasteiger partial charge in [0.1, 0.15) is 17.4 Å². The molecule has 0 spiro atoms. The second-order valence-corrected chi connectivity index (χ2v) is 4.78. The standard InChI is InChI=1S/C16H18FN3O/c1-20(14-5-3-4-13(17)9-14)10-12-8-11(16(18)19)6-7-15(12)21-2/h3-9H,10H2,1-2H3,(H3,18,19). The summed E-state index contributed by atoms with van der Waals surface area (Å²) in [5.41, 5.74) is 7.81. The van der Waals surface area contributed by atoms with Crippen LogP contribution in [-0.4, -0.2) is 20.0 Å². The molecule has 0 atom stereocenters. The van der Waals surface area contributed by atoms with E-state index in [1.807, 2.05) is 24.1 Å². The second-order valence-electron chi connectivity index (χ2n) is 4.78. The first-order chi connectivity index (χ1) is 10.0. The Kier molecular flexibility index (Phi) is 4.42. The van der Waals surface area contributed by atoms with Crippen molar-refractivity contribution in [2.75, 3.05) is 19.1 Å². The number of benzene rings is 2. The van der Waals surface area contributed by atoms with E-state index >= 15 is 0 Å². The highest BCUT2D eigenvalue weighted by molar-refractivity contribution is 5.95. The van der Waals surface area contributed by atoms with Gasteiger partial charge in [-0.3, -0.25) is 5.41 Å². The highest BCUT2D eigenvalue weighted by Gasteiger charge is 2.10.